The number of rotatable bonds is 5. The lowest BCUT2D eigenvalue weighted by molar-refractivity contribution is -0.130. The molecular weight excluding hydrogens is 333 g/mol. The van der Waals surface area contributed by atoms with Crippen molar-refractivity contribution in [1.82, 2.24) is 15.5 Å². The summed E-state index contributed by atoms with van der Waals surface area (Å²) >= 11 is 0. The standard InChI is InChI=1S/C20H28FN3O2/c21-16-7-5-6-15(14-16)19-20(26)22-11-13-24(19)12-10-18(25)23-17-8-3-1-2-4-9-17/h5-7,14,17,19H,1-4,8-13H2,(H,22,26)(H,23,25)/t19-/m0/s1. The number of piperazine rings is 1. The molecule has 26 heavy (non-hydrogen) atoms. The Bertz CT molecular complexity index is 629. The van der Waals surface area contributed by atoms with Crippen molar-refractivity contribution in [2.24, 2.45) is 0 Å². The second kappa shape index (κ2) is 9.12. The molecule has 2 N–H and O–H groups in total. The third-order valence-corrected chi connectivity index (χ3v) is 5.32. The van der Waals surface area contributed by atoms with Gasteiger partial charge in [-0.3, -0.25) is 14.5 Å². The van der Waals surface area contributed by atoms with Crippen LogP contribution in [0.3, 0.4) is 0 Å². The number of nitrogens with one attached hydrogen (secondary N) is 2. The molecule has 142 valence electrons. The average molecular weight is 361 g/mol. The number of halogens is 1. The van der Waals surface area contributed by atoms with E-state index in [1.165, 1.54) is 37.8 Å². The van der Waals surface area contributed by atoms with E-state index in [9.17, 15) is 14.0 Å². The van der Waals surface area contributed by atoms with Crippen LogP contribution in [-0.4, -0.2) is 42.4 Å². The van der Waals surface area contributed by atoms with Gasteiger partial charge in [-0.25, -0.2) is 4.39 Å². The monoisotopic (exact) mass is 361 g/mol. The number of carbonyl (C=O) groups is 2. The Morgan fingerprint density at radius 2 is 2.00 bits per heavy atom. The molecule has 1 atom stereocenters. The second-order valence-electron chi connectivity index (χ2n) is 7.29. The number of hydrogen-bond donors (Lipinski definition) is 2. The summed E-state index contributed by atoms with van der Waals surface area (Å²) in [6.07, 6.45) is 7.34. The summed E-state index contributed by atoms with van der Waals surface area (Å²) in [5.74, 6) is -0.446. The van der Waals surface area contributed by atoms with E-state index in [4.69, 9.17) is 0 Å². The molecule has 2 fully saturated rings. The third-order valence-electron chi connectivity index (χ3n) is 5.32. The Balaban J connectivity index is 1.57. The molecular formula is C20H28FN3O2. The summed E-state index contributed by atoms with van der Waals surface area (Å²) in [4.78, 5) is 26.7. The molecule has 2 amide bonds. The van der Waals surface area contributed by atoms with Gasteiger partial charge in [0.15, 0.2) is 0 Å². The van der Waals surface area contributed by atoms with Crippen molar-refractivity contribution in [1.29, 1.82) is 0 Å². The average Bonchev–Trinajstić information content (AvgIpc) is 2.88. The first-order chi connectivity index (χ1) is 12.6. The van der Waals surface area contributed by atoms with Gasteiger partial charge in [0.05, 0.1) is 0 Å². The molecule has 1 heterocycles. The number of benzene rings is 1. The van der Waals surface area contributed by atoms with E-state index in [0.717, 1.165) is 12.8 Å². The van der Waals surface area contributed by atoms with Crippen molar-refractivity contribution in [2.75, 3.05) is 19.6 Å². The molecule has 6 heteroatoms. The van der Waals surface area contributed by atoms with Gasteiger partial charge in [-0.1, -0.05) is 37.8 Å². The van der Waals surface area contributed by atoms with E-state index in [1.54, 1.807) is 12.1 Å². The molecule has 0 spiro atoms. The SMILES string of the molecule is O=C(CCN1CCNC(=O)[C@@H]1c1cccc(F)c1)NC1CCCCCC1. The zero-order valence-electron chi connectivity index (χ0n) is 15.2. The van der Waals surface area contributed by atoms with Crippen molar-refractivity contribution in [3.8, 4) is 0 Å². The lowest BCUT2D eigenvalue weighted by Gasteiger charge is -2.35. The fourth-order valence-corrected chi connectivity index (χ4v) is 3.96. The van der Waals surface area contributed by atoms with Crippen LogP contribution in [0, 0.1) is 5.82 Å². The molecule has 1 aliphatic carbocycles. The summed E-state index contributed by atoms with van der Waals surface area (Å²) in [6.45, 7) is 1.70. The zero-order valence-corrected chi connectivity index (χ0v) is 15.2. The highest BCUT2D eigenvalue weighted by molar-refractivity contribution is 5.84. The first-order valence-electron chi connectivity index (χ1n) is 9.70. The predicted octanol–water partition coefficient (Wildman–Crippen LogP) is 2.53. The molecule has 2 aliphatic rings. The van der Waals surface area contributed by atoms with Crippen LogP contribution in [-0.2, 0) is 9.59 Å². The van der Waals surface area contributed by atoms with Crippen LogP contribution in [0.4, 0.5) is 4.39 Å². The third kappa shape index (κ3) is 5.04. The summed E-state index contributed by atoms with van der Waals surface area (Å²) < 4.78 is 13.6. The topological polar surface area (TPSA) is 61.4 Å². The van der Waals surface area contributed by atoms with Gasteiger partial charge in [0, 0.05) is 32.1 Å². The van der Waals surface area contributed by atoms with Gasteiger partial charge in [0.25, 0.3) is 0 Å². The minimum Gasteiger partial charge on any atom is -0.353 e. The second-order valence-corrected chi connectivity index (χ2v) is 7.29. The Kier molecular flexibility index (Phi) is 6.61. The minimum absolute atomic E-state index is 0.0425. The molecule has 0 radical (unpaired) electrons. The Morgan fingerprint density at radius 1 is 1.23 bits per heavy atom. The summed E-state index contributed by atoms with van der Waals surface area (Å²) in [7, 11) is 0. The number of amides is 2. The van der Waals surface area contributed by atoms with Gasteiger partial charge in [0.1, 0.15) is 11.9 Å². The van der Waals surface area contributed by atoms with Gasteiger partial charge in [-0.2, -0.15) is 0 Å². The van der Waals surface area contributed by atoms with Crippen LogP contribution in [0.25, 0.3) is 0 Å². The van der Waals surface area contributed by atoms with Gasteiger partial charge in [-0.15, -0.1) is 0 Å². The fraction of sp³-hybridized carbons (Fsp3) is 0.600. The van der Waals surface area contributed by atoms with Crippen LogP contribution in [0.1, 0.15) is 56.6 Å². The first kappa shape index (κ1) is 18.8. The minimum atomic E-state index is -0.537. The first-order valence-corrected chi connectivity index (χ1v) is 9.70. The van der Waals surface area contributed by atoms with Crippen molar-refractivity contribution in [2.45, 2.75) is 57.0 Å². The van der Waals surface area contributed by atoms with E-state index in [1.807, 2.05) is 4.90 Å². The Hall–Kier alpha value is -1.95. The van der Waals surface area contributed by atoms with Crippen LogP contribution in [0.15, 0.2) is 24.3 Å². The van der Waals surface area contributed by atoms with Crippen LogP contribution in [0.2, 0.25) is 0 Å². The lowest BCUT2D eigenvalue weighted by Crippen LogP contribution is -2.50. The molecule has 1 aromatic rings. The Labute approximate surface area is 154 Å². The number of hydrogen-bond acceptors (Lipinski definition) is 3. The molecule has 1 aromatic carbocycles. The molecule has 3 rings (SSSR count). The largest absolute Gasteiger partial charge is 0.353 e. The summed E-state index contributed by atoms with van der Waals surface area (Å²) in [5.41, 5.74) is 0.631. The van der Waals surface area contributed by atoms with Gasteiger partial charge >= 0.3 is 0 Å². The van der Waals surface area contributed by atoms with Crippen molar-refractivity contribution < 1.29 is 14.0 Å². The van der Waals surface area contributed by atoms with Gasteiger partial charge in [0.2, 0.25) is 11.8 Å². The van der Waals surface area contributed by atoms with E-state index in [-0.39, 0.29) is 23.7 Å². The molecule has 0 aromatic heterocycles. The van der Waals surface area contributed by atoms with Crippen molar-refractivity contribution in [3.05, 3.63) is 35.6 Å². The molecule has 0 bridgehead atoms. The highest BCUT2D eigenvalue weighted by Crippen LogP contribution is 2.24. The molecule has 0 unspecified atom stereocenters. The quantitative estimate of drug-likeness (QED) is 0.793. The smallest absolute Gasteiger partial charge is 0.242 e. The van der Waals surface area contributed by atoms with Crippen LogP contribution >= 0.6 is 0 Å². The predicted molar refractivity (Wildman–Crippen MR) is 98.0 cm³/mol. The van der Waals surface area contributed by atoms with E-state index in [2.05, 4.69) is 10.6 Å². The lowest BCUT2D eigenvalue weighted by atomic mass is 10.0. The zero-order chi connectivity index (χ0) is 18.4. The van der Waals surface area contributed by atoms with E-state index < -0.39 is 6.04 Å². The summed E-state index contributed by atoms with van der Waals surface area (Å²) in [6, 6.07) is 5.89. The van der Waals surface area contributed by atoms with E-state index >= 15 is 0 Å². The molecule has 1 saturated carbocycles. The highest BCUT2D eigenvalue weighted by Gasteiger charge is 2.31. The van der Waals surface area contributed by atoms with Gasteiger partial charge < -0.3 is 10.6 Å². The van der Waals surface area contributed by atoms with E-state index in [0.29, 0.717) is 31.6 Å². The van der Waals surface area contributed by atoms with Crippen molar-refractivity contribution in [3.63, 3.8) is 0 Å². The summed E-state index contributed by atoms with van der Waals surface area (Å²) in [5, 5.41) is 5.98. The normalized spacial score (nSPS) is 22.5. The highest BCUT2D eigenvalue weighted by atomic mass is 19.1. The number of carbonyl (C=O) groups excluding carboxylic acids is 2. The number of nitrogens with zero attached hydrogens (tertiary/aromatic N) is 1. The molecule has 1 saturated heterocycles. The fourth-order valence-electron chi connectivity index (χ4n) is 3.96. The maximum absolute atomic E-state index is 13.6. The van der Waals surface area contributed by atoms with Crippen LogP contribution < -0.4 is 10.6 Å². The van der Waals surface area contributed by atoms with Gasteiger partial charge in [-0.05, 0) is 30.5 Å². The molecule has 1 aliphatic heterocycles. The van der Waals surface area contributed by atoms with Crippen molar-refractivity contribution >= 4 is 11.8 Å². The Morgan fingerprint density at radius 3 is 2.73 bits per heavy atom. The molecule has 5 nitrogen and oxygen atoms in total. The van der Waals surface area contributed by atoms with Crippen LogP contribution in [0.5, 0.6) is 0 Å². The maximum atomic E-state index is 13.6. The maximum Gasteiger partial charge on any atom is 0.242 e.